The fourth-order valence-corrected chi connectivity index (χ4v) is 2.11. The van der Waals surface area contributed by atoms with Gasteiger partial charge in [0.25, 0.3) is 0 Å². The van der Waals surface area contributed by atoms with E-state index >= 15 is 0 Å². The maximum Gasteiger partial charge on any atom is 0.475 e. The van der Waals surface area contributed by atoms with Gasteiger partial charge in [0.1, 0.15) is 11.5 Å². The van der Waals surface area contributed by atoms with E-state index in [1.807, 2.05) is 0 Å². The molecule has 2 aromatic rings. The van der Waals surface area contributed by atoms with Gasteiger partial charge in [0.05, 0.1) is 0 Å². The second kappa shape index (κ2) is 7.69. The maximum absolute atomic E-state index is 13.6. The van der Waals surface area contributed by atoms with E-state index in [4.69, 9.17) is 0 Å². The summed E-state index contributed by atoms with van der Waals surface area (Å²) in [5.41, 5.74) is -0.744. The lowest BCUT2D eigenvalue weighted by Crippen LogP contribution is -2.41. The Morgan fingerprint density at radius 2 is 0.821 bits per heavy atom. The number of ether oxygens (including phenoxy) is 2. The van der Waals surface area contributed by atoms with Gasteiger partial charge in [0.2, 0.25) is 0 Å². The van der Waals surface area contributed by atoms with Crippen LogP contribution in [0.1, 0.15) is 0 Å². The van der Waals surface area contributed by atoms with E-state index in [0.717, 1.165) is 36.4 Å². The van der Waals surface area contributed by atoms with Gasteiger partial charge in [-0.05, 0) is 12.1 Å². The Kier molecular flexibility index (Phi) is 6.25. The zero-order valence-electron chi connectivity index (χ0n) is 13.2. The van der Waals surface area contributed by atoms with E-state index in [1.165, 1.54) is 44.0 Å². The summed E-state index contributed by atoms with van der Waals surface area (Å²) in [6.45, 7) is 0. The molecule has 12 heteroatoms. The number of hydrogen-bond acceptors (Lipinski definition) is 2. The first kappa shape index (κ1) is 22.7. The van der Waals surface area contributed by atoms with Crippen LogP contribution in [0.15, 0.2) is 48.5 Å². The molecule has 0 N–H and O–H groups in total. The summed E-state index contributed by atoms with van der Waals surface area (Å²) in [5.74, 6) is -1.65. The Bertz CT molecular complexity index is 764. The third kappa shape index (κ3) is 4.88. The van der Waals surface area contributed by atoms with Crippen LogP contribution in [-0.2, 0) is 0 Å². The molecule has 2 rings (SSSR count). The maximum atomic E-state index is 13.6. The molecule has 0 saturated carbocycles. The summed E-state index contributed by atoms with van der Waals surface area (Å²) in [7, 11) is 0. The second-order valence-electron chi connectivity index (χ2n) is 5.23. The first-order valence-corrected chi connectivity index (χ1v) is 8.70. The van der Waals surface area contributed by atoms with Crippen molar-refractivity contribution in [1.82, 2.24) is 0 Å². The molecular formula is C16H8Br2F8O2. The smallest absolute Gasteiger partial charge is 0.427 e. The second-order valence-corrected chi connectivity index (χ2v) is 7.22. The molecule has 2 nitrogen and oxygen atoms in total. The van der Waals surface area contributed by atoms with Crippen LogP contribution < -0.4 is 9.47 Å². The van der Waals surface area contributed by atoms with Crippen molar-refractivity contribution >= 4 is 31.9 Å². The van der Waals surface area contributed by atoms with E-state index in [1.54, 1.807) is 0 Å². The minimum absolute atomic E-state index is 0.372. The lowest BCUT2D eigenvalue weighted by molar-refractivity contribution is -0.266. The Morgan fingerprint density at radius 1 is 0.536 bits per heavy atom. The van der Waals surface area contributed by atoms with Crippen molar-refractivity contribution < 1.29 is 44.6 Å². The number of halogens is 10. The topological polar surface area (TPSA) is 18.5 Å². The fourth-order valence-electron chi connectivity index (χ4n) is 1.95. The molecule has 0 spiro atoms. The van der Waals surface area contributed by atoms with Crippen molar-refractivity contribution in [1.29, 1.82) is 0 Å². The van der Waals surface area contributed by atoms with Crippen molar-refractivity contribution in [2.75, 3.05) is 0 Å². The Labute approximate surface area is 169 Å². The van der Waals surface area contributed by atoms with Crippen LogP contribution in [0.3, 0.4) is 0 Å². The molecule has 0 amide bonds. The SMILES string of the molecule is FC(F)(Br)C(F)(F)Oc1ccccc1-c1ccccc1OC(F)(F)C(F)(F)Br. The number of alkyl halides is 10. The summed E-state index contributed by atoms with van der Waals surface area (Å²) in [4.78, 5) is -9.48. The Hall–Kier alpha value is -1.56. The van der Waals surface area contributed by atoms with Crippen molar-refractivity contribution in [2.24, 2.45) is 0 Å². The molecule has 0 aliphatic rings. The molecule has 0 bridgehead atoms. The van der Waals surface area contributed by atoms with Crippen LogP contribution in [0.5, 0.6) is 11.5 Å². The first-order chi connectivity index (χ1) is 12.7. The van der Waals surface area contributed by atoms with Gasteiger partial charge in [-0.3, -0.25) is 0 Å². The number of hydrogen-bond donors (Lipinski definition) is 0. The average molecular weight is 544 g/mol. The van der Waals surface area contributed by atoms with Gasteiger partial charge in [0, 0.05) is 43.0 Å². The molecule has 0 aliphatic heterocycles. The molecule has 0 fully saturated rings. The zero-order valence-corrected chi connectivity index (χ0v) is 16.4. The molecule has 0 saturated heterocycles. The molecule has 2 aromatic carbocycles. The van der Waals surface area contributed by atoms with Crippen molar-refractivity contribution in [2.45, 2.75) is 21.9 Å². The van der Waals surface area contributed by atoms with Crippen molar-refractivity contribution in [3.63, 3.8) is 0 Å². The standard InChI is InChI=1S/C16H8Br2F8O2/c17-13(19,20)15(23,24)27-11-7-3-1-5-9(11)10-6-2-4-8-12(10)28-16(25,26)14(18,21)22/h1-8H. The van der Waals surface area contributed by atoms with Crippen LogP contribution in [0.4, 0.5) is 35.1 Å². The third-order valence-corrected chi connectivity index (χ3v) is 4.12. The third-order valence-electron chi connectivity index (χ3n) is 3.20. The van der Waals surface area contributed by atoms with E-state index in [-0.39, 0.29) is 11.1 Å². The van der Waals surface area contributed by atoms with Crippen LogP contribution in [0.2, 0.25) is 0 Å². The van der Waals surface area contributed by atoms with Gasteiger partial charge in [0.15, 0.2) is 0 Å². The van der Waals surface area contributed by atoms with Crippen LogP contribution in [-0.4, -0.2) is 21.9 Å². The highest BCUT2D eigenvalue weighted by molar-refractivity contribution is 9.10. The highest BCUT2D eigenvalue weighted by Gasteiger charge is 2.59. The highest BCUT2D eigenvalue weighted by Crippen LogP contribution is 2.46. The van der Waals surface area contributed by atoms with Gasteiger partial charge in [-0.15, -0.1) is 0 Å². The van der Waals surface area contributed by atoms with Gasteiger partial charge in [-0.25, -0.2) is 0 Å². The predicted molar refractivity (Wildman–Crippen MR) is 90.8 cm³/mol. The minimum atomic E-state index is -5.01. The lowest BCUT2D eigenvalue weighted by Gasteiger charge is -2.25. The lowest BCUT2D eigenvalue weighted by atomic mass is 10.0. The van der Waals surface area contributed by atoms with Crippen LogP contribution in [0.25, 0.3) is 11.1 Å². The summed E-state index contributed by atoms with van der Waals surface area (Å²) in [5, 5.41) is 0. The Morgan fingerprint density at radius 3 is 1.11 bits per heavy atom. The Balaban J connectivity index is 2.51. The number of para-hydroxylation sites is 2. The molecule has 0 aromatic heterocycles. The number of rotatable bonds is 7. The summed E-state index contributed by atoms with van der Waals surface area (Å²) in [6.07, 6.45) is -10.0. The normalized spacial score (nSPS) is 13.4. The van der Waals surface area contributed by atoms with E-state index in [2.05, 4.69) is 9.47 Å². The van der Waals surface area contributed by atoms with Gasteiger partial charge >= 0.3 is 21.9 Å². The highest BCUT2D eigenvalue weighted by atomic mass is 79.9. The zero-order chi connectivity index (χ0) is 21.4. The minimum Gasteiger partial charge on any atom is -0.427 e. The average Bonchev–Trinajstić information content (AvgIpc) is 2.53. The predicted octanol–water partition coefficient (Wildman–Crippen LogP) is 7.27. The summed E-state index contributed by atoms with van der Waals surface area (Å²) < 4.78 is 114. The largest absolute Gasteiger partial charge is 0.475 e. The van der Waals surface area contributed by atoms with Gasteiger partial charge in [-0.1, -0.05) is 36.4 Å². The molecule has 0 heterocycles. The first-order valence-electron chi connectivity index (χ1n) is 7.11. The summed E-state index contributed by atoms with van der Waals surface area (Å²) in [6, 6.07) is 8.74. The van der Waals surface area contributed by atoms with E-state index < -0.39 is 33.4 Å². The van der Waals surface area contributed by atoms with Crippen LogP contribution in [0, 0.1) is 0 Å². The van der Waals surface area contributed by atoms with Crippen molar-refractivity contribution in [3.05, 3.63) is 48.5 Å². The molecule has 154 valence electrons. The molecular weight excluding hydrogens is 536 g/mol. The molecule has 0 aliphatic carbocycles. The molecule has 0 unspecified atom stereocenters. The quantitative estimate of drug-likeness (QED) is 0.270. The van der Waals surface area contributed by atoms with Crippen LogP contribution >= 0.6 is 31.9 Å². The fraction of sp³-hybridized carbons (Fsp3) is 0.250. The monoisotopic (exact) mass is 542 g/mol. The van der Waals surface area contributed by atoms with Gasteiger partial charge in [-0.2, -0.15) is 35.1 Å². The van der Waals surface area contributed by atoms with E-state index in [0.29, 0.717) is 0 Å². The molecule has 0 radical (unpaired) electrons. The molecule has 0 atom stereocenters. The van der Waals surface area contributed by atoms with Crippen molar-refractivity contribution in [3.8, 4) is 22.6 Å². The molecule has 28 heavy (non-hydrogen) atoms. The summed E-state index contributed by atoms with van der Waals surface area (Å²) >= 11 is 2.99. The number of benzene rings is 2. The van der Waals surface area contributed by atoms with Gasteiger partial charge < -0.3 is 9.47 Å². The van der Waals surface area contributed by atoms with E-state index in [9.17, 15) is 35.1 Å².